The Kier molecular flexibility index (Phi) is 2.83. The first-order valence-electron chi connectivity index (χ1n) is 6.01. The molecular formula is C13H7N5OS2. The van der Waals surface area contributed by atoms with Gasteiger partial charge >= 0.3 is 0 Å². The van der Waals surface area contributed by atoms with Crippen LogP contribution in [0.15, 0.2) is 36.2 Å². The van der Waals surface area contributed by atoms with E-state index in [9.17, 15) is 4.79 Å². The van der Waals surface area contributed by atoms with Gasteiger partial charge in [-0.25, -0.2) is 19.9 Å². The largest absolute Gasteiger partial charge is 0.296 e. The van der Waals surface area contributed by atoms with Gasteiger partial charge in [-0.2, -0.15) is 0 Å². The van der Waals surface area contributed by atoms with Gasteiger partial charge < -0.3 is 0 Å². The van der Waals surface area contributed by atoms with Crippen molar-refractivity contribution >= 4 is 54.1 Å². The Morgan fingerprint density at radius 3 is 2.86 bits per heavy atom. The molecule has 6 nitrogen and oxygen atoms in total. The number of nitrogens with zero attached hydrogens (tertiary/aromatic N) is 4. The Bertz CT molecular complexity index is 947. The van der Waals surface area contributed by atoms with Crippen LogP contribution in [0.1, 0.15) is 10.5 Å². The minimum absolute atomic E-state index is 0.294. The van der Waals surface area contributed by atoms with Crippen LogP contribution < -0.4 is 5.32 Å². The number of carbonyl (C=O) groups excluding carboxylic acids is 1. The van der Waals surface area contributed by atoms with E-state index in [-0.39, 0.29) is 5.91 Å². The number of hydrogen-bond acceptors (Lipinski definition) is 7. The maximum absolute atomic E-state index is 12.1. The average Bonchev–Trinajstić information content (AvgIpc) is 3.12. The summed E-state index contributed by atoms with van der Waals surface area (Å²) in [6, 6.07) is 5.40. The van der Waals surface area contributed by atoms with E-state index in [2.05, 4.69) is 25.3 Å². The molecule has 3 heterocycles. The number of nitrogens with one attached hydrogen (secondary N) is 1. The van der Waals surface area contributed by atoms with Crippen LogP contribution in [0, 0.1) is 0 Å². The first-order chi connectivity index (χ1) is 10.3. The maximum atomic E-state index is 12.1. The SMILES string of the molecule is O=C(Nc1nc2ccc3ncsc3c2s1)c1ccncn1. The number of benzene rings is 1. The van der Waals surface area contributed by atoms with Crippen LogP contribution in [-0.2, 0) is 0 Å². The molecule has 102 valence electrons. The normalized spacial score (nSPS) is 11.0. The van der Waals surface area contributed by atoms with E-state index in [4.69, 9.17) is 0 Å². The lowest BCUT2D eigenvalue weighted by atomic mass is 10.3. The zero-order valence-electron chi connectivity index (χ0n) is 10.5. The molecule has 0 aliphatic rings. The van der Waals surface area contributed by atoms with Gasteiger partial charge in [0.25, 0.3) is 5.91 Å². The van der Waals surface area contributed by atoms with Crippen molar-refractivity contribution in [1.29, 1.82) is 0 Å². The average molecular weight is 313 g/mol. The predicted octanol–water partition coefficient (Wildman–Crippen LogP) is 2.95. The number of hydrogen-bond donors (Lipinski definition) is 1. The highest BCUT2D eigenvalue weighted by Gasteiger charge is 2.13. The van der Waals surface area contributed by atoms with Crippen LogP contribution in [0.2, 0.25) is 0 Å². The van der Waals surface area contributed by atoms with Crippen molar-refractivity contribution in [3.8, 4) is 0 Å². The van der Waals surface area contributed by atoms with Gasteiger partial charge in [-0.05, 0) is 18.2 Å². The molecule has 1 aromatic carbocycles. The lowest BCUT2D eigenvalue weighted by Gasteiger charge is -1.98. The third kappa shape index (κ3) is 2.14. The first kappa shape index (κ1) is 12.3. The summed E-state index contributed by atoms with van der Waals surface area (Å²) in [4.78, 5) is 28.5. The Morgan fingerprint density at radius 2 is 2.00 bits per heavy atom. The molecule has 0 atom stereocenters. The summed E-state index contributed by atoms with van der Waals surface area (Å²) in [5, 5.41) is 3.32. The van der Waals surface area contributed by atoms with Crippen LogP contribution in [-0.4, -0.2) is 25.8 Å². The van der Waals surface area contributed by atoms with Crippen LogP contribution in [0.5, 0.6) is 0 Å². The first-order valence-corrected chi connectivity index (χ1v) is 7.71. The topological polar surface area (TPSA) is 80.7 Å². The Labute approximate surface area is 126 Å². The predicted molar refractivity (Wildman–Crippen MR) is 82.8 cm³/mol. The summed E-state index contributed by atoms with van der Waals surface area (Å²) in [5.74, 6) is -0.294. The van der Waals surface area contributed by atoms with E-state index in [1.807, 2.05) is 17.6 Å². The summed E-state index contributed by atoms with van der Waals surface area (Å²) in [5.41, 5.74) is 3.93. The van der Waals surface area contributed by atoms with Crippen molar-refractivity contribution in [2.24, 2.45) is 0 Å². The van der Waals surface area contributed by atoms with Gasteiger partial charge in [-0.1, -0.05) is 11.3 Å². The molecule has 4 rings (SSSR count). The molecule has 0 saturated carbocycles. The molecule has 4 aromatic rings. The van der Waals surface area contributed by atoms with Gasteiger partial charge in [-0.15, -0.1) is 11.3 Å². The molecule has 0 spiro atoms. The van der Waals surface area contributed by atoms with Gasteiger partial charge in [0.1, 0.15) is 12.0 Å². The minimum atomic E-state index is -0.294. The van der Waals surface area contributed by atoms with Crippen LogP contribution in [0.25, 0.3) is 20.4 Å². The van der Waals surface area contributed by atoms with E-state index >= 15 is 0 Å². The summed E-state index contributed by atoms with van der Waals surface area (Å²) in [6.07, 6.45) is 2.87. The number of fused-ring (bicyclic) bond motifs is 3. The highest BCUT2D eigenvalue weighted by Crippen LogP contribution is 2.34. The van der Waals surface area contributed by atoms with Crippen molar-refractivity contribution in [3.05, 3.63) is 41.9 Å². The molecule has 1 N–H and O–H groups in total. The van der Waals surface area contributed by atoms with E-state index in [1.54, 1.807) is 17.4 Å². The van der Waals surface area contributed by atoms with E-state index in [1.165, 1.54) is 23.9 Å². The summed E-state index contributed by atoms with van der Waals surface area (Å²) in [6.45, 7) is 0. The zero-order chi connectivity index (χ0) is 14.2. The van der Waals surface area contributed by atoms with Crippen LogP contribution in [0.3, 0.4) is 0 Å². The fourth-order valence-electron chi connectivity index (χ4n) is 1.95. The molecular weight excluding hydrogens is 306 g/mol. The van der Waals surface area contributed by atoms with Gasteiger partial charge in [-0.3, -0.25) is 10.1 Å². The standard InChI is InChI=1S/C13H7N5OS2/c19-12(9-3-4-14-5-15-9)18-13-17-8-2-1-7-10(11(8)21-13)20-6-16-7/h1-6H,(H,17,18,19). The fourth-order valence-corrected chi connectivity index (χ4v) is 3.84. The second-order valence-corrected chi connectivity index (χ2v) is 6.04. The molecule has 0 bridgehead atoms. The second kappa shape index (κ2) is 4.83. The number of thiazole rings is 2. The molecule has 0 fully saturated rings. The summed E-state index contributed by atoms with van der Waals surface area (Å²) in [7, 11) is 0. The van der Waals surface area contributed by atoms with Gasteiger partial charge in [0.2, 0.25) is 0 Å². The van der Waals surface area contributed by atoms with E-state index in [0.717, 1.165) is 20.4 Å². The van der Waals surface area contributed by atoms with Crippen LogP contribution in [0.4, 0.5) is 5.13 Å². The number of amides is 1. The third-order valence-corrected chi connectivity index (χ3v) is 4.88. The number of rotatable bonds is 2. The van der Waals surface area contributed by atoms with Crippen LogP contribution >= 0.6 is 22.7 Å². The Hall–Kier alpha value is -2.45. The fraction of sp³-hybridized carbons (Fsp3) is 0. The lowest BCUT2D eigenvalue weighted by Crippen LogP contribution is -2.13. The number of anilines is 1. The lowest BCUT2D eigenvalue weighted by molar-refractivity contribution is 0.102. The van der Waals surface area contributed by atoms with Crippen molar-refractivity contribution < 1.29 is 4.79 Å². The van der Waals surface area contributed by atoms with Gasteiger partial charge in [0, 0.05) is 6.20 Å². The van der Waals surface area contributed by atoms with Gasteiger partial charge in [0.15, 0.2) is 5.13 Å². The molecule has 21 heavy (non-hydrogen) atoms. The number of carbonyl (C=O) groups is 1. The molecule has 0 unspecified atom stereocenters. The molecule has 0 saturated heterocycles. The van der Waals surface area contributed by atoms with Crippen molar-refractivity contribution in [3.63, 3.8) is 0 Å². The molecule has 1 amide bonds. The Morgan fingerprint density at radius 1 is 1.10 bits per heavy atom. The number of aromatic nitrogens is 4. The second-order valence-electron chi connectivity index (χ2n) is 4.18. The minimum Gasteiger partial charge on any atom is -0.296 e. The van der Waals surface area contributed by atoms with E-state index < -0.39 is 0 Å². The Balaban J connectivity index is 1.72. The summed E-state index contributed by atoms with van der Waals surface area (Å²) < 4.78 is 2.13. The highest BCUT2D eigenvalue weighted by molar-refractivity contribution is 7.28. The summed E-state index contributed by atoms with van der Waals surface area (Å²) >= 11 is 3.01. The van der Waals surface area contributed by atoms with E-state index in [0.29, 0.717) is 10.8 Å². The zero-order valence-corrected chi connectivity index (χ0v) is 12.1. The molecule has 0 aliphatic carbocycles. The molecule has 3 aromatic heterocycles. The highest BCUT2D eigenvalue weighted by atomic mass is 32.1. The van der Waals surface area contributed by atoms with Crippen molar-refractivity contribution in [1.82, 2.24) is 19.9 Å². The maximum Gasteiger partial charge on any atom is 0.276 e. The quantitative estimate of drug-likeness (QED) is 0.615. The molecule has 0 aliphatic heterocycles. The van der Waals surface area contributed by atoms with Crippen molar-refractivity contribution in [2.75, 3.05) is 5.32 Å². The monoisotopic (exact) mass is 313 g/mol. The molecule has 8 heteroatoms. The molecule has 0 radical (unpaired) electrons. The third-order valence-electron chi connectivity index (χ3n) is 2.89. The smallest absolute Gasteiger partial charge is 0.276 e. The van der Waals surface area contributed by atoms with Crippen molar-refractivity contribution in [2.45, 2.75) is 0 Å². The van der Waals surface area contributed by atoms with Gasteiger partial charge in [0.05, 0.1) is 25.9 Å².